The van der Waals surface area contributed by atoms with Crippen molar-refractivity contribution in [2.45, 2.75) is 52.5 Å². The second-order valence-corrected chi connectivity index (χ2v) is 5.65. The summed E-state index contributed by atoms with van der Waals surface area (Å²) in [6, 6.07) is 8.37. The van der Waals surface area contributed by atoms with Crippen LogP contribution in [0.3, 0.4) is 0 Å². The van der Waals surface area contributed by atoms with Crippen molar-refractivity contribution in [2.24, 2.45) is 0 Å². The average Bonchev–Trinajstić information content (AvgIpc) is 2.29. The SMILES string of the molecule is CCNC(C)(C)C(=O)Cc1ccc(C(C)C)cc1. The lowest BCUT2D eigenvalue weighted by molar-refractivity contribution is -0.123. The Hall–Kier alpha value is -1.15. The molecule has 0 aliphatic rings. The maximum absolute atomic E-state index is 12.2. The molecule has 1 N–H and O–H groups in total. The molecule has 0 aliphatic carbocycles. The lowest BCUT2D eigenvalue weighted by Crippen LogP contribution is -2.47. The van der Waals surface area contributed by atoms with Crippen LogP contribution in [-0.4, -0.2) is 17.9 Å². The Labute approximate surface area is 111 Å². The van der Waals surface area contributed by atoms with Crippen LogP contribution in [0.4, 0.5) is 0 Å². The zero-order chi connectivity index (χ0) is 13.8. The summed E-state index contributed by atoms with van der Waals surface area (Å²) in [4.78, 5) is 12.2. The van der Waals surface area contributed by atoms with E-state index >= 15 is 0 Å². The first kappa shape index (κ1) is 14.9. The first-order chi connectivity index (χ1) is 8.36. The first-order valence-corrected chi connectivity index (χ1v) is 6.74. The normalized spacial score (nSPS) is 11.9. The molecule has 0 saturated heterocycles. The number of rotatable bonds is 6. The fourth-order valence-corrected chi connectivity index (χ4v) is 1.97. The Morgan fingerprint density at radius 1 is 1.22 bits per heavy atom. The Bertz CT molecular complexity index is 390. The van der Waals surface area contributed by atoms with E-state index in [0.717, 1.165) is 12.1 Å². The Morgan fingerprint density at radius 2 is 1.78 bits per heavy atom. The molecule has 0 aromatic heterocycles. The molecule has 100 valence electrons. The smallest absolute Gasteiger partial charge is 0.156 e. The molecule has 0 saturated carbocycles. The molecule has 2 nitrogen and oxygen atoms in total. The Balaban J connectivity index is 2.70. The maximum Gasteiger partial charge on any atom is 0.156 e. The molecule has 0 radical (unpaired) electrons. The minimum atomic E-state index is -0.439. The molecule has 0 unspecified atom stereocenters. The van der Waals surface area contributed by atoms with E-state index < -0.39 is 5.54 Å². The van der Waals surface area contributed by atoms with E-state index in [4.69, 9.17) is 0 Å². The van der Waals surface area contributed by atoms with Gasteiger partial charge in [0.05, 0.1) is 5.54 Å². The van der Waals surface area contributed by atoms with E-state index in [2.05, 4.69) is 43.4 Å². The van der Waals surface area contributed by atoms with Gasteiger partial charge in [-0.1, -0.05) is 45.0 Å². The topological polar surface area (TPSA) is 29.1 Å². The number of hydrogen-bond donors (Lipinski definition) is 1. The van der Waals surface area contributed by atoms with Crippen LogP contribution in [-0.2, 0) is 11.2 Å². The van der Waals surface area contributed by atoms with E-state index in [1.807, 2.05) is 20.8 Å². The van der Waals surface area contributed by atoms with E-state index in [-0.39, 0.29) is 5.78 Å². The van der Waals surface area contributed by atoms with Crippen LogP contribution in [0.1, 0.15) is 51.7 Å². The number of Topliss-reactive ketones (excluding diaryl/α,β-unsaturated/α-hetero) is 1. The average molecular weight is 247 g/mol. The number of hydrogen-bond acceptors (Lipinski definition) is 2. The number of nitrogens with one attached hydrogen (secondary N) is 1. The highest BCUT2D eigenvalue weighted by Gasteiger charge is 2.25. The molecule has 0 heterocycles. The van der Waals surface area contributed by atoms with Gasteiger partial charge in [-0.2, -0.15) is 0 Å². The Morgan fingerprint density at radius 3 is 2.22 bits per heavy atom. The number of carbonyl (C=O) groups excluding carboxylic acids is 1. The van der Waals surface area contributed by atoms with Crippen LogP contribution in [0.25, 0.3) is 0 Å². The number of benzene rings is 1. The molecule has 1 aromatic rings. The molecule has 1 aromatic carbocycles. The lowest BCUT2D eigenvalue weighted by Gasteiger charge is -2.24. The fraction of sp³-hybridized carbons (Fsp3) is 0.562. The summed E-state index contributed by atoms with van der Waals surface area (Å²) >= 11 is 0. The Kier molecular flexibility index (Phi) is 5.09. The van der Waals surface area contributed by atoms with Gasteiger partial charge in [0.15, 0.2) is 5.78 Å². The van der Waals surface area contributed by atoms with Crippen molar-refractivity contribution < 1.29 is 4.79 Å². The van der Waals surface area contributed by atoms with Crippen molar-refractivity contribution in [2.75, 3.05) is 6.54 Å². The van der Waals surface area contributed by atoms with Crippen molar-refractivity contribution in [3.63, 3.8) is 0 Å². The quantitative estimate of drug-likeness (QED) is 0.835. The lowest BCUT2D eigenvalue weighted by atomic mass is 9.92. The van der Waals surface area contributed by atoms with Crippen molar-refractivity contribution >= 4 is 5.78 Å². The summed E-state index contributed by atoms with van der Waals surface area (Å²) in [6.07, 6.45) is 0.498. The highest BCUT2D eigenvalue weighted by Crippen LogP contribution is 2.16. The zero-order valence-corrected chi connectivity index (χ0v) is 12.2. The summed E-state index contributed by atoms with van der Waals surface area (Å²) < 4.78 is 0. The van der Waals surface area contributed by atoms with Crippen molar-refractivity contribution in [1.29, 1.82) is 0 Å². The fourth-order valence-electron chi connectivity index (χ4n) is 1.97. The summed E-state index contributed by atoms with van der Waals surface area (Å²) in [5, 5.41) is 3.22. The van der Waals surface area contributed by atoms with Gasteiger partial charge in [-0.25, -0.2) is 0 Å². The van der Waals surface area contributed by atoms with Crippen LogP contribution in [0.15, 0.2) is 24.3 Å². The molecule has 0 fully saturated rings. The summed E-state index contributed by atoms with van der Waals surface area (Å²) in [5.41, 5.74) is 1.97. The summed E-state index contributed by atoms with van der Waals surface area (Å²) in [7, 11) is 0. The van der Waals surface area contributed by atoms with Gasteiger partial charge in [-0.3, -0.25) is 4.79 Å². The predicted molar refractivity (Wildman–Crippen MR) is 77.0 cm³/mol. The standard InChI is InChI=1S/C16H25NO/c1-6-17-16(4,5)15(18)11-13-7-9-14(10-8-13)12(2)3/h7-10,12,17H,6,11H2,1-5H3. The van der Waals surface area contributed by atoms with Gasteiger partial charge in [0.25, 0.3) is 0 Å². The van der Waals surface area contributed by atoms with E-state index in [1.165, 1.54) is 5.56 Å². The molecule has 1 rings (SSSR count). The molecule has 0 aliphatic heterocycles. The second-order valence-electron chi connectivity index (χ2n) is 5.65. The molecular weight excluding hydrogens is 222 g/mol. The molecule has 0 amide bonds. The molecular formula is C16H25NO. The van der Waals surface area contributed by atoms with Gasteiger partial charge in [0.1, 0.15) is 0 Å². The van der Waals surface area contributed by atoms with Gasteiger partial charge in [-0.05, 0) is 37.4 Å². The van der Waals surface area contributed by atoms with Crippen LogP contribution >= 0.6 is 0 Å². The summed E-state index contributed by atoms with van der Waals surface area (Å²) in [6.45, 7) is 11.1. The van der Waals surface area contributed by atoms with Crippen molar-refractivity contribution in [3.05, 3.63) is 35.4 Å². The molecule has 18 heavy (non-hydrogen) atoms. The third-order valence-electron chi connectivity index (χ3n) is 3.33. The first-order valence-electron chi connectivity index (χ1n) is 6.74. The van der Waals surface area contributed by atoms with Gasteiger partial charge in [0, 0.05) is 6.42 Å². The highest BCUT2D eigenvalue weighted by atomic mass is 16.1. The van der Waals surface area contributed by atoms with Crippen LogP contribution < -0.4 is 5.32 Å². The summed E-state index contributed by atoms with van der Waals surface area (Å²) in [5.74, 6) is 0.773. The minimum absolute atomic E-state index is 0.238. The van der Waals surface area contributed by atoms with Gasteiger partial charge in [-0.15, -0.1) is 0 Å². The van der Waals surface area contributed by atoms with E-state index in [9.17, 15) is 4.79 Å². The predicted octanol–water partition coefficient (Wildman–Crippen LogP) is 3.31. The second kappa shape index (κ2) is 6.14. The van der Waals surface area contributed by atoms with Crippen LogP contribution in [0.5, 0.6) is 0 Å². The van der Waals surface area contributed by atoms with E-state index in [0.29, 0.717) is 12.3 Å². The van der Waals surface area contributed by atoms with Crippen LogP contribution in [0.2, 0.25) is 0 Å². The minimum Gasteiger partial charge on any atom is -0.306 e. The highest BCUT2D eigenvalue weighted by molar-refractivity contribution is 5.89. The largest absolute Gasteiger partial charge is 0.306 e. The van der Waals surface area contributed by atoms with Gasteiger partial charge in [0.2, 0.25) is 0 Å². The molecule has 0 atom stereocenters. The molecule has 0 bridgehead atoms. The van der Waals surface area contributed by atoms with Gasteiger partial charge < -0.3 is 5.32 Å². The molecule has 2 heteroatoms. The van der Waals surface area contributed by atoms with Crippen molar-refractivity contribution in [1.82, 2.24) is 5.32 Å². The number of carbonyl (C=O) groups is 1. The van der Waals surface area contributed by atoms with Gasteiger partial charge >= 0.3 is 0 Å². The van der Waals surface area contributed by atoms with E-state index in [1.54, 1.807) is 0 Å². The van der Waals surface area contributed by atoms with Crippen LogP contribution in [0, 0.1) is 0 Å². The third kappa shape index (κ3) is 3.95. The number of likely N-dealkylation sites (N-methyl/N-ethyl adjacent to an activating group) is 1. The third-order valence-corrected chi connectivity index (χ3v) is 3.33. The van der Waals surface area contributed by atoms with Crippen molar-refractivity contribution in [3.8, 4) is 0 Å². The zero-order valence-electron chi connectivity index (χ0n) is 12.2. The number of ketones is 1. The molecule has 0 spiro atoms. The maximum atomic E-state index is 12.2. The monoisotopic (exact) mass is 247 g/mol.